The van der Waals surface area contributed by atoms with E-state index in [9.17, 15) is 4.79 Å². The minimum Gasteiger partial charge on any atom is -0.497 e. The Morgan fingerprint density at radius 3 is 2.63 bits per heavy atom. The highest BCUT2D eigenvalue weighted by Gasteiger charge is 2.07. The molecular formula is C15H18N2O2. The Balaban J connectivity index is 2.23. The van der Waals surface area contributed by atoms with Gasteiger partial charge in [0.05, 0.1) is 13.7 Å². The number of nitrogens with two attached hydrogens (primary N) is 1. The van der Waals surface area contributed by atoms with Crippen molar-refractivity contribution >= 4 is 16.7 Å². The van der Waals surface area contributed by atoms with Crippen LogP contribution in [-0.4, -0.2) is 19.6 Å². The van der Waals surface area contributed by atoms with Crippen LogP contribution in [0.25, 0.3) is 10.8 Å². The van der Waals surface area contributed by atoms with E-state index in [-0.39, 0.29) is 18.5 Å². The average molecular weight is 258 g/mol. The molecule has 2 rings (SSSR count). The molecular weight excluding hydrogens is 240 g/mol. The molecule has 0 aromatic heterocycles. The largest absolute Gasteiger partial charge is 0.497 e. The Bertz CT molecular complexity index is 596. The molecule has 1 atom stereocenters. The Morgan fingerprint density at radius 2 is 1.95 bits per heavy atom. The molecule has 0 spiro atoms. The third-order valence-electron chi connectivity index (χ3n) is 3.15. The second kappa shape index (κ2) is 5.71. The molecule has 19 heavy (non-hydrogen) atoms. The van der Waals surface area contributed by atoms with Crippen LogP contribution in [0.2, 0.25) is 0 Å². The molecule has 0 radical (unpaired) electrons. The van der Waals surface area contributed by atoms with Crippen molar-refractivity contribution < 1.29 is 9.53 Å². The monoisotopic (exact) mass is 258 g/mol. The van der Waals surface area contributed by atoms with Gasteiger partial charge in [0.15, 0.2) is 0 Å². The summed E-state index contributed by atoms with van der Waals surface area (Å²) in [6, 6.07) is 12.2. The van der Waals surface area contributed by atoms with E-state index in [1.807, 2.05) is 31.2 Å². The lowest BCUT2D eigenvalue weighted by molar-refractivity contribution is -0.117. The zero-order chi connectivity index (χ0) is 13.8. The van der Waals surface area contributed by atoms with E-state index >= 15 is 0 Å². The third-order valence-corrected chi connectivity index (χ3v) is 3.15. The highest BCUT2D eigenvalue weighted by atomic mass is 16.5. The van der Waals surface area contributed by atoms with Gasteiger partial charge in [-0.1, -0.05) is 18.2 Å². The summed E-state index contributed by atoms with van der Waals surface area (Å²) >= 11 is 0. The van der Waals surface area contributed by atoms with Gasteiger partial charge in [-0.25, -0.2) is 0 Å². The van der Waals surface area contributed by atoms with Crippen molar-refractivity contribution in [2.45, 2.75) is 13.0 Å². The first-order valence-corrected chi connectivity index (χ1v) is 6.19. The van der Waals surface area contributed by atoms with Gasteiger partial charge in [0.25, 0.3) is 0 Å². The molecule has 1 amide bonds. The number of hydrogen-bond donors (Lipinski definition) is 2. The zero-order valence-corrected chi connectivity index (χ0v) is 11.1. The summed E-state index contributed by atoms with van der Waals surface area (Å²) in [6.45, 7) is 2.19. The molecule has 0 aliphatic carbocycles. The molecule has 0 heterocycles. The van der Waals surface area contributed by atoms with Crippen LogP contribution in [0.1, 0.15) is 18.5 Å². The Hall–Kier alpha value is -2.07. The van der Waals surface area contributed by atoms with Crippen LogP contribution in [0.5, 0.6) is 5.75 Å². The van der Waals surface area contributed by atoms with Crippen LogP contribution in [0, 0.1) is 0 Å². The van der Waals surface area contributed by atoms with Gasteiger partial charge in [-0.15, -0.1) is 0 Å². The number of amides is 1. The van der Waals surface area contributed by atoms with Crippen LogP contribution in [0.4, 0.5) is 0 Å². The fraction of sp³-hybridized carbons (Fsp3) is 0.267. The van der Waals surface area contributed by atoms with Gasteiger partial charge in [-0.05, 0) is 41.5 Å². The summed E-state index contributed by atoms with van der Waals surface area (Å²) in [7, 11) is 1.66. The first-order chi connectivity index (χ1) is 9.10. The number of carbonyl (C=O) groups is 1. The topological polar surface area (TPSA) is 64.3 Å². The lowest BCUT2D eigenvalue weighted by Crippen LogP contribution is -2.30. The molecule has 0 bridgehead atoms. The molecule has 0 aliphatic heterocycles. The molecule has 2 aromatic rings. The van der Waals surface area contributed by atoms with Crippen molar-refractivity contribution in [3.8, 4) is 5.75 Å². The number of primary amides is 1. The lowest BCUT2D eigenvalue weighted by Gasteiger charge is -2.14. The molecule has 0 fully saturated rings. The molecule has 1 unspecified atom stereocenters. The van der Waals surface area contributed by atoms with Crippen molar-refractivity contribution in [3.63, 3.8) is 0 Å². The maximum Gasteiger partial charge on any atom is 0.231 e. The maximum absolute atomic E-state index is 10.8. The Kier molecular flexibility index (Phi) is 4.02. The number of carbonyl (C=O) groups excluding carboxylic acids is 1. The fourth-order valence-corrected chi connectivity index (χ4v) is 2.01. The standard InChI is InChI=1S/C15H18N2O2/c1-10(17-9-15(16)18)11-3-4-13-8-14(19-2)6-5-12(13)7-11/h3-8,10,17H,9H2,1-2H3,(H2,16,18). The van der Waals surface area contributed by atoms with Crippen molar-refractivity contribution in [1.29, 1.82) is 0 Å². The number of hydrogen-bond acceptors (Lipinski definition) is 3. The summed E-state index contributed by atoms with van der Waals surface area (Å²) in [5.41, 5.74) is 6.25. The third kappa shape index (κ3) is 3.23. The summed E-state index contributed by atoms with van der Waals surface area (Å²) in [5.74, 6) is 0.498. The van der Waals surface area contributed by atoms with Gasteiger partial charge in [0.2, 0.25) is 5.91 Å². The summed E-state index contributed by atoms with van der Waals surface area (Å²) in [6.07, 6.45) is 0. The molecule has 4 nitrogen and oxygen atoms in total. The second-order valence-electron chi connectivity index (χ2n) is 4.54. The van der Waals surface area contributed by atoms with Gasteiger partial charge in [0, 0.05) is 6.04 Å². The summed E-state index contributed by atoms with van der Waals surface area (Å²) in [4.78, 5) is 10.8. The normalized spacial score (nSPS) is 12.3. The minimum atomic E-state index is -0.350. The minimum absolute atomic E-state index is 0.0824. The summed E-state index contributed by atoms with van der Waals surface area (Å²) in [5, 5.41) is 5.36. The number of fused-ring (bicyclic) bond motifs is 1. The van der Waals surface area contributed by atoms with Gasteiger partial charge in [-0.2, -0.15) is 0 Å². The fourth-order valence-electron chi connectivity index (χ4n) is 2.01. The number of rotatable bonds is 5. The first kappa shape index (κ1) is 13.4. The predicted octanol–water partition coefficient (Wildman–Crippen LogP) is 1.98. The van der Waals surface area contributed by atoms with E-state index in [1.54, 1.807) is 7.11 Å². The van der Waals surface area contributed by atoms with Crippen LogP contribution in [0.3, 0.4) is 0 Å². The van der Waals surface area contributed by atoms with E-state index < -0.39 is 0 Å². The predicted molar refractivity (Wildman–Crippen MR) is 76.1 cm³/mol. The first-order valence-electron chi connectivity index (χ1n) is 6.19. The van der Waals surface area contributed by atoms with Gasteiger partial charge in [0.1, 0.15) is 5.75 Å². The van der Waals surface area contributed by atoms with Crippen molar-refractivity contribution in [1.82, 2.24) is 5.32 Å². The molecule has 4 heteroatoms. The van der Waals surface area contributed by atoms with Crippen LogP contribution in [-0.2, 0) is 4.79 Å². The molecule has 0 saturated heterocycles. The van der Waals surface area contributed by atoms with E-state index in [1.165, 1.54) is 0 Å². The van der Waals surface area contributed by atoms with E-state index in [0.29, 0.717) is 0 Å². The molecule has 2 aromatic carbocycles. The molecule has 3 N–H and O–H groups in total. The van der Waals surface area contributed by atoms with E-state index in [0.717, 1.165) is 22.1 Å². The van der Waals surface area contributed by atoms with Gasteiger partial charge >= 0.3 is 0 Å². The quantitative estimate of drug-likeness (QED) is 0.862. The smallest absolute Gasteiger partial charge is 0.231 e. The van der Waals surface area contributed by atoms with E-state index in [2.05, 4.69) is 17.4 Å². The van der Waals surface area contributed by atoms with Crippen molar-refractivity contribution in [2.75, 3.05) is 13.7 Å². The number of methoxy groups -OCH3 is 1. The Morgan fingerprint density at radius 1 is 1.26 bits per heavy atom. The van der Waals surface area contributed by atoms with Crippen molar-refractivity contribution in [3.05, 3.63) is 42.0 Å². The highest BCUT2D eigenvalue weighted by Crippen LogP contribution is 2.24. The van der Waals surface area contributed by atoms with Crippen LogP contribution in [0.15, 0.2) is 36.4 Å². The maximum atomic E-state index is 10.8. The Labute approximate surface area is 112 Å². The van der Waals surface area contributed by atoms with Crippen LogP contribution >= 0.6 is 0 Å². The number of nitrogens with one attached hydrogen (secondary N) is 1. The van der Waals surface area contributed by atoms with Crippen LogP contribution < -0.4 is 15.8 Å². The van der Waals surface area contributed by atoms with E-state index in [4.69, 9.17) is 10.5 Å². The number of ether oxygens (including phenoxy) is 1. The highest BCUT2D eigenvalue weighted by molar-refractivity contribution is 5.84. The SMILES string of the molecule is COc1ccc2cc(C(C)NCC(N)=O)ccc2c1. The van der Waals surface area contributed by atoms with Crippen molar-refractivity contribution in [2.24, 2.45) is 5.73 Å². The second-order valence-corrected chi connectivity index (χ2v) is 4.54. The zero-order valence-electron chi connectivity index (χ0n) is 11.1. The lowest BCUT2D eigenvalue weighted by atomic mass is 10.0. The molecule has 100 valence electrons. The van der Waals surface area contributed by atoms with Gasteiger partial charge in [-0.3, -0.25) is 4.79 Å². The van der Waals surface area contributed by atoms with Gasteiger partial charge < -0.3 is 15.8 Å². The average Bonchev–Trinajstić information content (AvgIpc) is 2.43. The summed E-state index contributed by atoms with van der Waals surface area (Å²) < 4.78 is 5.20. The molecule has 0 saturated carbocycles. The number of benzene rings is 2. The molecule has 0 aliphatic rings.